The molecule has 3 heteroatoms. The van der Waals surface area contributed by atoms with Gasteiger partial charge in [0.05, 0.1) is 6.61 Å². The van der Waals surface area contributed by atoms with Gasteiger partial charge in [0.1, 0.15) is 0 Å². The summed E-state index contributed by atoms with van der Waals surface area (Å²) in [4.78, 5) is 12.0. The molecule has 0 spiro atoms. The fourth-order valence-electron chi connectivity index (χ4n) is 0.770. The summed E-state index contributed by atoms with van der Waals surface area (Å²) < 4.78 is 4.86. The number of carbonyl (C=O) groups is 1. The molecule has 0 aromatic heterocycles. The molecule has 0 bridgehead atoms. The van der Waals surface area contributed by atoms with E-state index in [2.05, 4.69) is 6.92 Å². The van der Waals surface area contributed by atoms with Crippen LogP contribution in [0.15, 0.2) is 35.2 Å². The van der Waals surface area contributed by atoms with Gasteiger partial charge in [0.15, 0.2) is 0 Å². The Kier molecular flexibility index (Phi) is 4.40. The average molecular weight is 195 g/mol. The van der Waals surface area contributed by atoms with Crippen molar-refractivity contribution in [3.63, 3.8) is 0 Å². The van der Waals surface area contributed by atoms with Crippen molar-refractivity contribution in [2.75, 3.05) is 6.61 Å². The maximum Gasteiger partial charge on any atom is 0.372 e. The normalized spacial score (nSPS) is 9.62. The summed E-state index contributed by atoms with van der Waals surface area (Å²) in [6.45, 7) is 3.97. The molecule has 1 aromatic carbocycles. The van der Waals surface area contributed by atoms with Gasteiger partial charge in [-0.15, -0.1) is 0 Å². The van der Waals surface area contributed by atoms with Crippen LogP contribution in [-0.2, 0) is 4.74 Å². The van der Waals surface area contributed by atoms with Crippen LogP contribution in [-0.4, -0.2) is 11.9 Å². The van der Waals surface area contributed by atoms with Gasteiger partial charge in [0.2, 0.25) is 0 Å². The number of carbonyl (C=O) groups excluding carboxylic acids is 1. The third-order valence-corrected chi connectivity index (χ3v) is 2.10. The highest BCUT2D eigenvalue weighted by Gasteiger charge is 2.03. The van der Waals surface area contributed by atoms with Crippen molar-refractivity contribution in [3.05, 3.63) is 37.3 Å². The van der Waals surface area contributed by atoms with Crippen molar-refractivity contribution in [1.82, 2.24) is 0 Å². The zero-order chi connectivity index (χ0) is 9.52. The lowest BCUT2D eigenvalue weighted by Gasteiger charge is -2.01. The van der Waals surface area contributed by atoms with E-state index in [1.165, 1.54) is 0 Å². The summed E-state index contributed by atoms with van der Waals surface area (Å²) in [6.07, 6.45) is 0.612. The van der Waals surface area contributed by atoms with E-state index in [0.717, 1.165) is 16.7 Å². The van der Waals surface area contributed by atoms with Crippen LogP contribution in [0.2, 0.25) is 0 Å². The Bertz CT molecular complexity index is 259. The number of ether oxygens (including phenoxy) is 1. The van der Waals surface area contributed by atoms with Gasteiger partial charge in [0.25, 0.3) is 0 Å². The van der Waals surface area contributed by atoms with Crippen molar-refractivity contribution in [2.24, 2.45) is 0 Å². The molecular weight excluding hydrogens is 184 g/mol. The molecule has 0 aliphatic rings. The van der Waals surface area contributed by atoms with Crippen molar-refractivity contribution >= 4 is 17.1 Å². The molecule has 0 heterocycles. The third kappa shape index (κ3) is 3.99. The van der Waals surface area contributed by atoms with Crippen LogP contribution in [0.3, 0.4) is 0 Å². The van der Waals surface area contributed by atoms with E-state index in [9.17, 15) is 4.79 Å². The van der Waals surface area contributed by atoms with E-state index in [4.69, 9.17) is 4.74 Å². The minimum atomic E-state index is -0.269. The molecule has 0 N–H and O–H groups in total. The van der Waals surface area contributed by atoms with Crippen LogP contribution in [0.4, 0.5) is 4.79 Å². The minimum Gasteiger partial charge on any atom is -0.457 e. The Labute approximate surface area is 82.3 Å². The van der Waals surface area contributed by atoms with E-state index < -0.39 is 0 Å². The van der Waals surface area contributed by atoms with E-state index in [0.29, 0.717) is 13.0 Å². The Morgan fingerprint density at radius 2 is 2.08 bits per heavy atom. The Hall–Kier alpha value is -0.960. The van der Waals surface area contributed by atoms with Crippen LogP contribution >= 0.6 is 11.8 Å². The van der Waals surface area contributed by atoms with E-state index in [1.807, 2.05) is 30.3 Å². The van der Waals surface area contributed by atoms with Crippen molar-refractivity contribution in [3.8, 4) is 0 Å². The van der Waals surface area contributed by atoms with Crippen molar-refractivity contribution in [2.45, 2.75) is 11.3 Å². The summed E-state index contributed by atoms with van der Waals surface area (Å²) in [5.74, 6) is 0. The molecule has 0 atom stereocenters. The number of thioether (sulfide) groups is 1. The minimum absolute atomic E-state index is 0.269. The molecule has 2 nitrogen and oxygen atoms in total. The van der Waals surface area contributed by atoms with E-state index in [-0.39, 0.29) is 5.30 Å². The van der Waals surface area contributed by atoms with Gasteiger partial charge in [-0.2, -0.15) is 0 Å². The monoisotopic (exact) mass is 195 g/mol. The first kappa shape index (κ1) is 10.1. The van der Waals surface area contributed by atoms with Crippen LogP contribution in [0, 0.1) is 6.92 Å². The van der Waals surface area contributed by atoms with Crippen molar-refractivity contribution in [1.29, 1.82) is 0 Å². The zero-order valence-electron chi connectivity index (χ0n) is 7.23. The highest BCUT2D eigenvalue weighted by Crippen LogP contribution is 2.19. The fraction of sp³-hybridized carbons (Fsp3) is 0.200. The maximum absolute atomic E-state index is 11.1. The lowest BCUT2D eigenvalue weighted by atomic mass is 10.4. The van der Waals surface area contributed by atoms with Gasteiger partial charge in [-0.3, -0.25) is 0 Å². The standard InChI is InChI=1S/C10H11O2S/c1-2-8-12-10(11)13-9-6-4-3-5-7-9/h3-7H,1-2,8H2. The predicted molar refractivity (Wildman–Crippen MR) is 53.6 cm³/mol. The second-order valence-electron chi connectivity index (χ2n) is 2.37. The lowest BCUT2D eigenvalue weighted by Crippen LogP contribution is -1.97. The molecule has 0 unspecified atom stereocenters. The summed E-state index contributed by atoms with van der Waals surface area (Å²) in [5.41, 5.74) is 0. The molecule has 1 radical (unpaired) electrons. The molecule has 0 amide bonds. The highest BCUT2D eigenvalue weighted by atomic mass is 32.2. The molecule has 1 aromatic rings. The van der Waals surface area contributed by atoms with Gasteiger partial charge < -0.3 is 4.74 Å². The third-order valence-electron chi connectivity index (χ3n) is 1.31. The summed E-state index contributed by atoms with van der Waals surface area (Å²) >= 11 is 1.09. The molecule has 0 saturated carbocycles. The van der Waals surface area contributed by atoms with Gasteiger partial charge >= 0.3 is 5.30 Å². The lowest BCUT2D eigenvalue weighted by molar-refractivity contribution is 0.177. The molecule has 1 rings (SSSR count). The summed E-state index contributed by atoms with van der Waals surface area (Å²) in [6, 6.07) is 9.42. The van der Waals surface area contributed by atoms with E-state index in [1.54, 1.807) is 0 Å². The Morgan fingerprint density at radius 3 is 2.69 bits per heavy atom. The van der Waals surface area contributed by atoms with Crippen molar-refractivity contribution < 1.29 is 9.53 Å². The number of hydrogen-bond acceptors (Lipinski definition) is 3. The maximum atomic E-state index is 11.1. The molecule has 69 valence electrons. The Morgan fingerprint density at radius 1 is 1.38 bits per heavy atom. The Balaban J connectivity index is 2.37. The van der Waals surface area contributed by atoms with Crippen LogP contribution in [0.25, 0.3) is 0 Å². The molecule has 0 fully saturated rings. The first-order valence-electron chi connectivity index (χ1n) is 4.02. The average Bonchev–Trinajstić information content (AvgIpc) is 2.16. The highest BCUT2D eigenvalue weighted by molar-refractivity contribution is 8.13. The van der Waals surface area contributed by atoms with Crippen LogP contribution < -0.4 is 0 Å². The van der Waals surface area contributed by atoms with Gasteiger partial charge in [0, 0.05) is 4.90 Å². The van der Waals surface area contributed by atoms with Crippen LogP contribution in [0.5, 0.6) is 0 Å². The number of benzene rings is 1. The quantitative estimate of drug-likeness (QED) is 0.547. The largest absolute Gasteiger partial charge is 0.457 e. The molecule has 0 saturated heterocycles. The van der Waals surface area contributed by atoms with Gasteiger partial charge in [-0.05, 0) is 37.2 Å². The molecule has 0 aliphatic heterocycles. The second kappa shape index (κ2) is 5.65. The topological polar surface area (TPSA) is 26.3 Å². The first-order chi connectivity index (χ1) is 6.33. The SMILES string of the molecule is [CH2]CCOC(=O)Sc1ccccc1. The molecule has 0 aliphatic carbocycles. The zero-order valence-corrected chi connectivity index (χ0v) is 8.05. The number of rotatable bonds is 3. The smallest absolute Gasteiger partial charge is 0.372 e. The molecular formula is C10H11O2S. The van der Waals surface area contributed by atoms with E-state index >= 15 is 0 Å². The van der Waals surface area contributed by atoms with Crippen LogP contribution in [0.1, 0.15) is 6.42 Å². The predicted octanol–water partition coefficient (Wildman–Crippen LogP) is 3.14. The second-order valence-corrected chi connectivity index (χ2v) is 3.38. The summed E-state index contributed by atoms with van der Waals surface area (Å²) in [7, 11) is 0. The fourth-order valence-corrected chi connectivity index (χ4v) is 1.40. The van der Waals surface area contributed by atoms with Gasteiger partial charge in [-0.25, -0.2) is 4.79 Å². The summed E-state index contributed by atoms with van der Waals surface area (Å²) in [5, 5.41) is -0.269. The van der Waals surface area contributed by atoms with Gasteiger partial charge in [-0.1, -0.05) is 18.2 Å². The number of hydrogen-bond donors (Lipinski definition) is 0. The molecule has 13 heavy (non-hydrogen) atoms. The first-order valence-corrected chi connectivity index (χ1v) is 4.83.